The first-order chi connectivity index (χ1) is 12.2. The molecule has 0 radical (unpaired) electrons. The average molecular weight is 334 g/mol. The Balaban J connectivity index is 1.59. The summed E-state index contributed by atoms with van der Waals surface area (Å²) in [5.74, 6) is 2.46. The summed E-state index contributed by atoms with van der Waals surface area (Å²) in [6.45, 7) is 2.83. The highest BCUT2D eigenvalue weighted by Gasteiger charge is 2.03. The van der Waals surface area contributed by atoms with Gasteiger partial charge in [-0.25, -0.2) is 9.97 Å². The Hall–Kier alpha value is -3.08. The largest absolute Gasteiger partial charge is 0.496 e. The van der Waals surface area contributed by atoms with Gasteiger partial charge in [-0.05, 0) is 37.1 Å². The Morgan fingerprint density at radius 2 is 1.72 bits per heavy atom. The maximum atomic E-state index is 5.38. The number of methoxy groups -OCH3 is 1. The minimum absolute atomic E-state index is 0.763. The Morgan fingerprint density at radius 3 is 2.52 bits per heavy atom. The van der Waals surface area contributed by atoms with Crippen molar-refractivity contribution in [2.75, 3.05) is 24.3 Å². The molecule has 25 heavy (non-hydrogen) atoms. The maximum Gasteiger partial charge on any atom is 0.135 e. The van der Waals surface area contributed by atoms with E-state index < -0.39 is 0 Å². The normalized spacial score (nSPS) is 10.3. The van der Waals surface area contributed by atoms with Gasteiger partial charge in [-0.1, -0.05) is 35.9 Å². The summed E-state index contributed by atoms with van der Waals surface area (Å²) in [5, 5.41) is 6.62. The molecule has 0 spiro atoms. The Bertz CT molecular complexity index is 818. The smallest absolute Gasteiger partial charge is 0.135 e. The highest BCUT2D eigenvalue weighted by atomic mass is 16.5. The van der Waals surface area contributed by atoms with Gasteiger partial charge in [0.2, 0.25) is 0 Å². The molecule has 0 fully saturated rings. The molecule has 0 aliphatic heterocycles. The van der Waals surface area contributed by atoms with Crippen LogP contribution in [-0.4, -0.2) is 23.6 Å². The van der Waals surface area contributed by atoms with Gasteiger partial charge in [-0.3, -0.25) is 0 Å². The highest BCUT2D eigenvalue weighted by Crippen LogP contribution is 2.19. The van der Waals surface area contributed by atoms with Gasteiger partial charge >= 0.3 is 0 Å². The summed E-state index contributed by atoms with van der Waals surface area (Å²) in [5.41, 5.74) is 3.40. The minimum atomic E-state index is 0.763. The molecule has 1 aromatic heterocycles. The summed E-state index contributed by atoms with van der Waals surface area (Å²) in [4.78, 5) is 8.54. The number of hydrogen-bond acceptors (Lipinski definition) is 5. The second-order valence-electron chi connectivity index (χ2n) is 5.77. The fourth-order valence-corrected chi connectivity index (χ4v) is 2.54. The van der Waals surface area contributed by atoms with E-state index in [1.165, 1.54) is 11.1 Å². The lowest BCUT2D eigenvalue weighted by Gasteiger charge is -2.10. The topological polar surface area (TPSA) is 59.1 Å². The fraction of sp³-hybridized carbons (Fsp3) is 0.200. The first-order valence-electron chi connectivity index (χ1n) is 8.26. The number of nitrogens with one attached hydrogen (secondary N) is 2. The summed E-state index contributed by atoms with van der Waals surface area (Å²) >= 11 is 0. The van der Waals surface area contributed by atoms with Gasteiger partial charge in [-0.2, -0.15) is 0 Å². The van der Waals surface area contributed by atoms with Gasteiger partial charge in [0.1, 0.15) is 23.7 Å². The predicted molar refractivity (Wildman–Crippen MR) is 102 cm³/mol. The molecule has 0 unspecified atom stereocenters. The van der Waals surface area contributed by atoms with E-state index >= 15 is 0 Å². The standard InChI is InChI=1S/C20H22N4O/c1-15-7-9-17(10-8-15)24-20-13-19(22-14-23-20)21-12-11-16-5-3-4-6-18(16)25-2/h3-10,13-14H,11-12H2,1-2H3,(H2,21,22,23,24). The molecule has 3 rings (SSSR count). The van der Waals surface area contributed by atoms with Crippen LogP contribution < -0.4 is 15.4 Å². The van der Waals surface area contributed by atoms with Crippen LogP contribution in [0.2, 0.25) is 0 Å². The van der Waals surface area contributed by atoms with Gasteiger partial charge in [0.15, 0.2) is 0 Å². The molecule has 0 aliphatic carbocycles. The van der Waals surface area contributed by atoms with Gasteiger partial charge in [0.25, 0.3) is 0 Å². The number of hydrogen-bond donors (Lipinski definition) is 2. The van der Waals surface area contributed by atoms with Crippen molar-refractivity contribution in [3.8, 4) is 5.75 Å². The SMILES string of the molecule is COc1ccccc1CCNc1cc(Nc2ccc(C)cc2)ncn1. The van der Waals surface area contributed by atoms with Crippen molar-refractivity contribution in [1.82, 2.24) is 9.97 Å². The molecule has 0 atom stereocenters. The van der Waals surface area contributed by atoms with Crippen molar-refractivity contribution in [3.05, 3.63) is 72.1 Å². The van der Waals surface area contributed by atoms with Crippen molar-refractivity contribution >= 4 is 17.3 Å². The van der Waals surface area contributed by atoms with Crippen molar-refractivity contribution in [2.45, 2.75) is 13.3 Å². The minimum Gasteiger partial charge on any atom is -0.496 e. The number of anilines is 3. The van der Waals surface area contributed by atoms with Gasteiger partial charge < -0.3 is 15.4 Å². The van der Waals surface area contributed by atoms with Crippen LogP contribution >= 0.6 is 0 Å². The van der Waals surface area contributed by atoms with Crippen LogP contribution in [-0.2, 0) is 6.42 Å². The maximum absolute atomic E-state index is 5.38. The summed E-state index contributed by atoms with van der Waals surface area (Å²) < 4.78 is 5.38. The number of ether oxygens (including phenoxy) is 1. The van der Waals surface area contributed by atoms with E-state index in [2.05, 4.69) is 45.7 Å². The average Bonchev–Trinajstić information content (AvgIpc) is 2.64. The Labute approximate surface area is 148 Å². The van der Waals surface area contributed by atoms with E-state index in [0.717, 1.165) is 36.0 Å². The van der Waals surface area contributed by atoms with E-state index in [-0.39, 0.29) is 0 Å². The fourth-order valence-electron chi connectivity index (χ4n) is 2.54. The first-order valence-corrected chi connectivity index (χ1v) is 8.26. The van der Waals surface area contributed by atoms with Crippen molar-refractivity contribution in [3.63, 3.8) is 0 Å². The number of para-hydroxylation sites is 1. The summed E-state index contributed by atoms with van der Waals surface area (Å²) in [6.07, 6.45) is 2.41. The number of rotatable bonds is 7. The molecule has 2 N–H and O–H groups in total. The molecule has 0 bridgehead atoms. The predicted octanol–water partition coefficient (Wildman–Crippen LogP) is 4.19. The van der Waals surface area contributed by atoms with Crippen LogP contribution in [0.5, 0.6) is 5.75 Å². The van der Waals surface area contributed by atoms with Crippen LogP contribution in [0.15, 0.2) is 60.9 Å². The number of nitrogens with zero attached hydrogens (tertiary/aromatic N) is 2. The molecule has 5 heteroatoms. The molecule has 1 heterocycles. The van der Waals surface area contributed by atoms with E-state index in [1.807, 2.05) is 36.4 Å². The highest BCUT2D eigenvalue weighted by molar-refractivity contribution is 5.59. The molecule has 0 saturated heterocycles. The summed E-state index contributed by atoms with van der Waals surface area (Å²) in [7, 11) is 1.69. The van der Waals surface area contributed by atoms with Crippen molar-refractivity contribution < 1.29 is 4.74 Å². The molecule has 3 aromatic rings. The van der Waals surface area contributed by atoms with Crippen molar-refractivity contribution in [1.29, 1.82) is 0 Å². The zero-order valence-electron chi connectivity index (χ0n) is 14.5. The lowest BCUT2D eigenvalue weighted by atomic mass is 10.1. The van der Waals surface area contributed by atoms with Crippen LogP contribution in [0.1, 0.15) is 11.1 Å². The third-order valence-corrected chi connectivity index (χ3v) is 3.88. The van der Waals surface area contributed by atoms with Crippen LogP contribution in [0.4, 0.5) is 17.3 Å². The number of benzene rings is 2. The Morgan fingerprint density at radius 1 is 0.960 bits per heavy atom. The summed E-state index contributed by atoms with van der Waals surface area (Å²) in [6, 6.07) is 18.1. The van der Waals surface area contributed by atoms with Gasteiger partial charge in [0.05, 0.1) is 7.11 Å². The molecule has 128 valence electrons. The molecule has 0 aliphatic rings. The lowest BCUT2D eigenvalue weighted by molar-refractivity contribution is 0.410. The molecule has 0 saturated carbocycles. The molecule has 5 nitrogen and oxygen atoms in total. The van der Waals surface area contributed by atoms with Crippen LogP contribution in [0.25, 0.3) is 0 Å². The Kier molecular flexibility index (Phi) is 5.46. The monoisotopic (exact) mass is 334 g/mol. The zero-order chi connectivity index (χ0) is 17.5. The number of aromatic nitrogens is 2. The number of aryl methyl sites for hydroxylation is 1. The second-order valence-corrected chi connectivity index (χ2v) is 5.77. The third kappa shape index (κ3) is 4.70. The molecular weight excluding hydrogens is 312 g/mol. The zero-order valence-corrected chi connectivity index (χ0v) is 14.5. The second kappa shape index (κ2) is 8.15. The molecule has 2 aromatic carbocycles. The van der Waals surface area contributed by atoms with E-state index in [0.29, 0.717) is 0 Å². The van der Waals surface area contributed by atoms with E-state index in [4.69, 9.17) is 4.74 Å². The molecular formula is C20H22N4O. The third-order valence-electron chi connectivity index (χ3n) is 3.88. The van der Waals surface area contributed by atoms with Crippen LogP contribution in [0, 0.1) is 6.92 Å². The first kappa shape index (κ1) is 16.8. The van der Waals surface area contributed by atoms with Crippen LogP contribution in [0.3, 0.4) is 0 Å². The van der Waals surface area contributed by atoms with E-state index in [9.17, 15) is 0 Å². The molecule has 0 amide bonds. The quantitative estimate of drug-likeness (QED) is 0.678. The van der Waals surface area contributed by atoms with E-state index in [1.54, 1.807) is 13.4 Å². The van der Waals surface area contributed by atoms with Crippen molar-refractivity contribution in [2.24, 2.45) is 0 Å². The van der Waals surface area contributed by atoms with Gasteiger partial charge in [-0.15, -0.1) is 0 Å². The van der Waals surface area contributed by atoms with Gasteiger partial charge in [0, 0.05) is 18.3 Å². The lowest BCUT2D eigenvalue weighted by Crippen LogP contribution is -2.08.